The molecule has 1 N–H and O–H groups in total. The van der Waals surface area contributed by atoms with Crippen molar-refractivity contribution in [1.29, 1.82) is 0 Å². The van der Waals surface area contributed by atoms with Gasteiger partial charge < -0.3 is 10.0 Å². The highest BCUT2D eigenvalue weighted by atomic mass is 79.9. The lowest BCUT2D eigenvalue weighted by Crippen LogP contribution is -2.56. The van der Waals surface area contributed by atoms with Crippen LogP contribution in [0.4, 0.5) is 4.39 Å². The Hall–Kier alpha value is -0.450. The third kappa shape index (κ3) is 3.85. The zero-order valence-corrected chi connectivity index (χ0v) is 14.7. The van der Waals surface area contributed by atoms with Crippen LogP contribution in [0.3, 0.4) is 0 Å². The fourth-order valence-corrected chi connectivity index (χ4v) is 4.00. The first-order chi connectivity index (χ1) is 9.83. The molecule has 1 aliphatic rings. The van der Waals surface area contributed by atoms with Crippen molar-refractivity contribution in [1.82, 2.24) is 4.90 Å². The summed E-state index contributed by atoms with van der Waals surface area (Å²) in [5.74, 6) is 0.469. The molecule has 1 saturated carbocycles. The van der Waals surface area contributed by atoms with Crippen LogP contribution < -0.4 is 0 Å². The Kier molecular flexibility index (Phi) is 5.44. The minimum Gasteiger partial charge on any atom is -0.391 e. The molecule has 0 heterocycles. The van der Waals surface area contributed by atoms with Gasteiger partial charge in [-0.05, 0) is 69.5 Å². The van der Waals surface area contributed by atoms with Crippen LogP contribution in [0, 0.1) is 11.7 Å². The number of hydrogen-bond acceptors (Lipinski definition) is 2. The highest BCUT2D eigenvalue weighted by Crippen LogP contribution is 2.38. The van der Waals surface area contributed by atoms with E-state index in [-0.39, 0.29) is 11.4 Å². The zero-order chi connectivity index (χ0) is 15.6. The summed E-state index contributed by atoms with van der Waals surface area (Å²) >= 11 is 3.32. The molecule has 4 heteroatoms. The second-order valence-corrected chi connectivity index (χ2v) is 7.59. The van der Waals surface area contributed by atoms with Crippen LogP contribution in [0.15, 0.2) is 22.7 Å². The van der Waals surface area contributed by atoms with Crippen LogP contribution in [0.2, 0.25) is 0 Å². The van der Waals surface area contributed by atoms with Gasteiger partial charge in [-0.1, -0.05) is 22.9 Å². The predicted molar refractivity (Wildman–Crippen MR) is 87.9 cm³/mol. The lowest BCUT2D eigenvalue weighted by molar-refractivity contribution is -0.0382. The summed E-state index contributed by atoms with van der Waals surface area (Å²) in [4.78, 5) is 2.16. The van der Waals surface area contributed by atoms with Crippen molar-refractivity contribution in [2.45, 2.75) is 50.7 Å². The van der Waals surface area contributed by atoms with Gasteiger partial charge in [0.15, 0.2) is 0 Å². The largest absolute Gasteiger partial charge is 0.391 e. The Labute approximate surface area is 135 Å². The molecule has 1 aromatic carbocycles. The number of nitrogens with zero attached hydrogens (tertiary/aromatic N) is 1. The molecule has 1 fully saturated rings. The standard InChI is InChI=1S/C17H25BrFNO/c1-12-4-6-17(7-5-12,20(2)3)16(21)10-13-8-14(18)11-15(19)9-13/h8-9,11-12,16,21H,4-7,10H2,1-3H3. The summed E-state index contributed by atoms with van der Waals surface area (Å²) in [5, 5.41) is 10.8. The third-order valence-corrected chi connectivity index (χ3v) is 5.46. The SMILES string of the molecule is CC1CCC(C(O)Cc2cc(F)cc(Br)c2)(N(C)C)CC1. The Morgan fingerprint density at radius 2 is 1.95 bits per heavy atom. The quantitative estimate of drug-likeness (QED) is 0.879. The first-order valence-corrected chi connectivity index (χ1v) is 8.43. The van der Waals surface area contributed by atoms with E-state index in [0.29, 0.717) is 6.42 Å². The number of aliphatic hydroxyl groups excluding tert-OH is 1. The minimum atomic E-state index is -0.478. The van der Waals surface area contributed by atoms with Gasteiger partial charge in [-0.15, -0.1) is 0 Å². The van der Waals surface area contributed by atoms with Gasteiger partial charge in [0.1, 0.15) is 5.82 Å². The lowest BCUT2D eigenvalue weighted by atomic mass is 9.72. The maximum absolute atomic E-state index is 13.5. The highest BCUT2D eigenvalue weighted by Gasteiger charge is 2.42. The second kappa shape index (κ2) is 6.76. The molecule has 0 spiro atoms. The topological polar surface area (TPSA) is 23.5 Å². The molecule has 1 atom stereocenters. The van der Waals surface area contributed by atoms with Gasteiger partial charge in [-0.2, -0.15) is 0 Å². The predicted octanol–water partition coefficient (Wildman–Crippen LogP) is 4.00. The van der Waals surface area contributed by atoms with Gasteiger partial charge in [0.05, 0.1) is 6.10 Å². The Bertz CT molecular complexity index is 463. The van der Waals surface area contributed by atoms with E-state index in [9.17, 15) is 9.50 Å². The average Bonchev–Trinajstić information content (AvgIpc) is 2.38. The molecular formula is C17H25BrFNO. The monoisotopic (exact) mass is 357 g/mol. The Morgan fingerprint density at radius 3 is 2.48 bits per heavy atom. The van der Waals surface area contributed by atoms with E-state index in [0.717, 1.165) is 41.6 Å². The summed E-state index contributed by atoms with van der Waals surface area (Å²) in [6, 6.07) is 4.85. The van der Waals surface area contributed by atoms with Crippen molar-refractivity contribution in [3.63, 3.8) is 0 Å². The molecular weight excluding hydrogens is 333 g/mol. The van der Waals surface area contributed by atoms with Crippen LogP contribution in [-0.2, 0) is 6.42 Å². The highest BCUT2D eigenvalue weighted by molar-refractivity contribution is 9.10. The van der Waals surface area contributed by atoms with E-state index in [1.54, 1.807) is 0 Å². The van der Waals surface area contributed by atoms with Crippen LogP contribution >= 0.6 is 15.9 Å². The molecule has 1 aromatic rings. The van der Waals surface area contributed by atoms with Gasteiger partial charge in [0, 0.05) is 16.4 Å². The van der Waals surface area contributed by atoms with Crippen molar-refractivity contribution in [3.8, 4) is 0 Å². The first kappa shape index (κ1) is 16.9. The smallest absolute Gasteiger partial charge is 0.124 e. The van der Waals surface area contributed by atoms with Crippen molar-refractivity contribution < 1.29 is 9.50 Å². The Balaban J connectivity index is 2.17. The normalized spacial score (nSPS) is 27.9. The van der Waals surface area contributed by atoms with Gasteiger partial charge in [0.25, 0.3) is 0 Å². The number of hydrogen-bond donors (Lipinski definition) is 1. The van der Waals surface area contributed by atoms with Crippen LogP contribution in [0.1, 0.15) is 38.2 Å². The number of aliphatic hydroxyl groups is 1. The number of benzene rings is 1. The van der Waals surface area contributed by atoms with E-state index >= 15 is 0 Å². The number of likely N-dealkylation sites (N-methyl/N-ethyl adjacent to an activating group) is 1. The van der Waals surface area contributed by atoms with Crippen molar-refractivity contribution in [2.24, 2.45) is 5.92 Å². The van der Waals surface area contributed by atoms with E-state index in [1.807, 2.05) is 20.2 Å². The maximum atomic E-state index is 13.5. The van der Waals surface area contributed by atoms with E-state index in [4.69, 9.17) is 0 Å². The van der Waals surface area contributed by atoms with Gasteiger partial charge in [-0.25, -0.2) is 4.39 Å². The summed E-state index contributed by atoms with van der Waals surface area (Å²) < 4.78 is 14.2. The lowest BCUT2D eigenvalue weighted by Gasteiger charge is -2.47. The zero-order valence-electron chi connectivity index (χ0n) is 13.1. The summed E-state index contributed by atoms with van der Waals surface area (Å²) in [5.41, 5.74) is 0.653. The summed E-state index contributed by atoms with van der Waals surface area (Å²) in [6.07, 6.45) is 4.29. The second-order valence-electron chi connectivity index (χ2n) is 6.68. The van der Waals surface area contributed by atoms with Gasteiger partial charge >= 0.3 is 0 Å². The maximum Gasteiger partial charge on any atom is 0.124 e. The molecule has 0 saturated heterocycles. The van der Waals surface area contributed by atoms with Gasteiger partial charge in [-0.3, -0.25) is 0 Å². The number of rotatable bonds is 4. The molecule has 118 valence electrons. The van der Waals surface area contributed by atoms with Gasteiger partial charge in [0.2, 0.25) is 0 Å². The average molecular weight is 358 g/mol. The summed E-state index contributed by atoms with van der Waals surface area (Å²) in [6.45, 7) is 2.27. The van der Waals surface area contributed by atoms with Crippen molar-refractivity contribution in [2.75, 3.05) is 14.1 Å². The fourth-order valence-electron chi connectivity index (χ4n) is 3.48. The Morgan fingerprint density at radius 1 is 1.33 bits per heavy atom. The molecule has 0 bridgehead atoms. The molecule has 2 rings (SSSR count). The van der Waals surface area contributed by atoms with Crippen LogP contribution in [0.5, 0.6) is 0 Å². The fraction of sp³-hybridized carbons (Fsp3) is 0.647. The molecule has 0 aromatic heterocycles. The van der Waals surface area contributed by atoms with Crippen molar-refractivity contribution >= 4 is 15.9 Å². The van der Waals surface area contributed by atoms with Crippen LogP contribution in [0.25, 0.3) is 0 Å². The first-order valence-electron chi connectivity index (χ1n) is 7.64. The van der Waals surface area contributed by atoms with E-state index in [2.05, 4.69) is 27.8 Å². The summed E-state index contributed by atoms with van der Waals surface area (Å²) in [7, 11) is 4.08. The molecule has 1 unspecified atom stereocenters. The molecule has 21 heavy (non-hydrogen) atoms. The van der Waals surface area contributed by atoms with Crippen LogP contribution in [-0.4, -0.2) is 35.7 Å². The minimum absolute atomic E-state index is 0.189. The molecule has 2 nitrogen and oxygen atoms in total. The van der Waals surface area contributed by atoms with Crippen molar-refractivity contribution in [3.05, 3.63) is 34.1 Å². The van der Waals surface area contributed by atoms with E-state index in [1.165, 1.54) is 12.1 Å². The van der Waals surface area contributed by atoms with E-state index < -0.39 is 6.10 Å². The molecule has 0 aliphatic heterocycles. The molecule has 1 aliphatic carbocycles. The molecule has 0 amide bonds. The number of halogens is 2. The molecule has 0 radical (unpaired) electrons. The third-order valence-electron chi connectivity index (χ3n) is 5.00.